The van der Waals surface area contributed by atoms with Crippen molar-refractivity contribution < 1.29 is 19.1 Å². The molecule has 0 spiro atoms. The lowest BCUT2D eigenvalue weighted by molar-refractivity contribution is -0.163. The molecule has 1 saturated carbocycles. The number of nitrogens with zero attached hydrogens (tertiary/aromatic N) is 1. The minimum absolute atomic E-state index is 0.0605. The zero-order valence-electron chi connectivity index (χ0n) is 14.2. The average molecular weight is 355 g/mol. The van der Waals surface area contributed by atoms with E-state index in [0.717, 1.165) is 25.7 Å². The molecule has 1 N–H and O–H groups in total. The maximum absolute atomic E-state index is 12.2. The number of pyridine rings is 1. The third-order valence-electron chi connectivity index (χ3n) is 3.94. The third kappa shape index (κ3) is 5.37. The molecule has 0 saturated heterocycles. The van der Waals surface area contributed by atoms with Crippen LogP contribution in [0.15, 0.2) is 18.3 Å². The summed E-state index contributed by atoms with van der Waals surface area (Å²) in [5, 5.41) is 3.52. The van der Waals surface area contributed by atoms with Crippen molar-refractivity contribution >= 4 is 23.5 Å². The number of hydrogen-bond acceptors (Lipinski definition) is 5. The number of rotatable bonds is 5. The molecule has 0 bridgehead atoms. The Bertz CT molecular complexity index is 581. The van der Waals surface area contributed by atoms with Crippen LogP contribution in [0.5, 0.6) is 5.88 Å². The van der Waals surface area contributed by atoms with Gasteiger partial charge in [0.05, 0.1) is 5.02 Å². The van der Waals surface area contributed by atoms with Crippen LogP contribution in [-0.2, 0) is 14.3 Å². The highest BCUT2D eigenvalue weighted by molar-refractivity contribution is 6.30. The monoisotopic (exact) mass is 354 g/mol. The van der Waals surface area contributed by atoms with Gasteiger partial charge in [0.1, 0.15) is 6.10 Å². The fourth-order valence-corrected chi connectivity index (χ4v) is 2.80. The smallest absolute Gasteiger partial charge is 0.303 e. The molecule has 1 heterocycles. The van der Waals surface area contributed by atoms with Gasteiger partial charge in [-0.2, -0.15) is 0 Å². The van der Waals surface area contributed by atoms with Crippen LogP contribution in [0.2, 0.25) is 5.02 Å². The molecule has 2 rings (SSSR count). The number of carbonyl (C=O) groups excluding carboxylic acids is 2. The summed E-state index contributed by atoms with van der Waals surface area (Å²) >= 11 is 5.80. The van der Waals surface area contributed by atoms with Gasteiger partial charge in [-0.05, 0) is 45.6 Å². The summed E-state index contributed by atoms with van der Waals surface area (Å²) in [4.78, 5) is 27.4. The van der Waals surface area contributed by atoms with E-state index in [1.54, 1.807) is 32.2 Å². The van der Waals surface area contributed by atoms with E-state index in [0.29, 0.717) is 10.9 Å². The zero-order chi connectivity index (χ0) is 17.7. The quantitative estimate of drug-likeness (QED) is 0.823. The van der Waals surface area contributed by atoms with E-state index in [2.05, 4.69) is 10.3 Å². The number of amides is 1. The molecule has 0 atom stereocenters. The van der Waals surface area contributed by atoms with Crippen LogP contribution in [-0.4, -0.2) is 34.6 Å². The minimum Gasteiger partial charge on any atom is -0.474 e. The van der Waals surface area contributed by atoms with Gasteiger partial charge in [-0.3, -0.25) is 9.59 Å². The van der Waals surface area contributed by atoms with Crippen LogP contribution in [0.4, 0.5) is 0 Å². The van der Waals surface area contributed by atoms with Gasteiger partial charge < -0.3 is 14.8 Å². The Kier molecular flexibility index (Phi) is 6.04. The van der Waals surface area contributed by atoms with Crippen molar-refractivity contribution in [1.29, 1.82) is 0 Å². The Balaban J connectivity index is 1.79. The first-order valence-electron chi connectivity index (χ1n) is 8.05. The average Bonchev–Trinajstić information content (AvgIpc) is 2.50. The Morgan fingerprint density at radius 2 is 1.92 bits per heavy atom. The molecule has 6 nitrogen and oxygen atoms in total. The van der Waals surface area contributed by atoms with Crippen molar-refractivity contribution in [2.45, 2.75) is 64.2 Å². The van der Waals surface area contributed by atoms with E-state index in [-0.39, 0.29) is 18.1 Å². The normalized spacial score (nSPS) is 21.0. The van der Waals surface area contributed by atoms with Crippen LogP contribution < -0.4 is 10.1 Å². The summed E-state index contributed by atoms with van der Waals surface area (Å²) in [5.41, 5.74) is -1.16. The second-order valence-electron chi connectivity index (χ2n) is 6.48. The predicted molar refractivity (Wildman–Crippen MR) is 89.9 cm³/mol. The molecule has 1 fully saturated rings. The molecule has 24 heavy (non-hydrogen) atoms. The van der Waals surface area contributed by atoms with Crippen LogP contribution in [0.25, 0.3) is 0 Å². The SMILES string of the molecule is CC(=O)OC(C)(C)C(=O)NC1CCC(Oc2ccc(Cl)cn2)CC1. The number of hydrogen-bond donors (Lipinski definition) is 1. The molecule has 0 aromatic carbocycles. The maximum Gasteiger partial charge on any atom is 0.303 e. The van der Waals surface area contributed by atoms with Crippen molar-refractivity contribution in [2.75, 3.05) is 0 Å². The lowest BCUT2D eigenvalue weighted by atomic mass is 9.92. The second-order valence-corrected chi connectivity index (χ2v) is 6.92. The van der Waals surface area contributed by atoms with Crippen molar-refractivity contribution in [2.24, 2.45) is 0 Å². The molecule has 1 aromatic rings. The number of ether oxygens (including phenoxy) is 2. The fourth-order valence-electron chi connectivity index (χ4n) is 2.69. The summed E-state index contributed by atoms with van der Waals surface area (Å²) in [6.07, 6.45) is 4.89. The summed E-state index contributed by atoms with van der Waals surface area (Å²) in [7, 11) is 0. The lowest BCUT2D eigenvalue weighted by Crippen LogP contribution is -2.50. The van der Waals surface area contributed by atoms with E-state index in [1.165, 1.54) is 6.92 Å². The maximum atomic E-state index is 12.2. The second kappa shape index (κ2) is 7.83. The van der Waals surface area contributed by atoms with E-state index in [9.17, 15) is 9.59 Å². The van der Waals surface area contributed by atoms with Gasteiger partial charge in [0.15, 0.2) is 5.60 Å². The van der Waals surface area contributed by atoms with Crippen LogP contribution in [0, 0.1) is 0 Å². The number of carbonyl (C=O) groups is 2. The van der Waals surface area contributed by atoms with Crippen LogP contribution in [0.3, 0.4) is 0 Å². The molecular formula is C17H23ClN2O4. The van der Waals surface area contributed by atoms with Crippen molar-refractivity contribution in [3.05, 3.63) is 23.4 Å². The summed E-state index contributed by atoms with van der Waals surface area (Å²) in [6, 6.07) is 3.55. The third-order valence-corrected chi connectivity index (χ3v) is 4.17. The van der Waals surface area contributed by atoms with Gasteiger partial charge in [0.2, 0.25) is 5.88 Å². The van der Waals surface area contributed by atoms with Gasteiger partial charge in [-0.25, -0.2) is 4.98 Å². The Labute approximate surface area is 146 Å². The highest BCUT2D eigenvalue weighted by Crippen LogP contribution is 2.24. The molecule has 132 valence electrons. The van der Waals surface area contributed by atoms with E-state index in [1.807, 2.05) is 0 Å². The van der Waals surface area contributed by atoms with E-state index in [4.69, 9.17) is 21.1 Å². The molecule has 7 heteroatoms. The Morgan fingerprint density at radius 3 is 2.46 bits per heavy atom. The Hall–Kier alpha value is -1.82. The van der Waals surface area contributed by atoms with Crippen molar-refractivity contribution in [1.82, 2.24) is 10.3 Å². The first kappa shape index (κ1) is 18.5. The number of esters is 1. The van der Waals surface area contributed by atoms with Crippen LogP contribution in [0.1, 0.15) is 46.5 Å². The molecule has 1 aliphatic rings. The van der Waals surface area contributed by atoms with Crippen LogP contribution >= 0.6 is 11.6 Å². The topological polar surface area (TPSA) is 77.5 Å². The molecule has 0 aliphatic heterocycles. The van der Waals surface area contributed by atoms with Gasteiger partial charge >= 0.3 is 5.97 Å². The number of aromatic nitrogens is 1. The van der Waals surface area contributed by atoms with E-state index < -0.39 is 11.6 Å². The first-order chi connectivity index (χ1) is 11.3. The molecular weight excluding hydrogens is 332 g/mol. The molecule has 0 radical (unpaired) electrons. The van der Waals surface area contributed by atoms with Gasteiger partial charge in [0, 0.05) is 25.2 Å². The molecule has 0 unspecified atom stereocenters. The van der Waals surface area contributed by atoms with E-state index >= 15 is 0 Å². The Morgan fingerprint density at radius 1 is 1.25 bits per heavy atom. The summed E-state index contributed by atoms with van der Waals surface area (Å²) in [6.45, 7) is 4.47. The number of halogens is 1. The predicted octanol–water partition coefficient (Wildman–Crippen LogP) is 2.88. The van der Waals surface area contributed by atoms with Crippen molar-refractivity contribution in [3.63, 3.8) is 0 Å². The van der Waals surface area contributed by atoms with Gasteiger partial charge in [0.25, 0.3) is 5.91 Å². The summed E-state index contributed by atoms with van der Waals surface area (Å²) < 4.78 is 10.9. The molecule has 1 aliphatic carbocycles. The highest BCUT2D eigenvalue weighted by atomic mass is 35.5. The largest absolute Gasteiger partial charge is 0.474 e. The van der Waals surface area contributed by atoms with Gasteiger partial charge in [-0.15, -0.1) is 0 Å². The number of nitrogens with one attached hydrogen (secondary N) is 1. The molecule has 1 amide bonds. The first-order valence-corrected chi connectivity index (χ1v) is 8.43. The molecule has 1 aromatic heterocycles. The minimum atomic E-state index is -1.16. The fraction of sp³-hybridized carbons (Fsp3) is 0.588. The lowest BCUT2D eigenvalue weighted by Gasteiger charge is -2.31. The van der Waals surface area contributed by atoms with Gasteiger partial charge in [-0.1, -0.05) is 11.6 Å². The standard InChI is InChI=1S/C17H23ClN2O4/c1-11(21)24-17(2,3)16(22)20-13-5-7-14(8-6-13)23-15-9-4-12(18)10-19-15/h4,9-10,13-14H,5-8H2,1-3H3,(H,20,22). The van der Waals surface area contributed by atoms with Crippen molar-refractivity contribution in [3.8, 4) is 5.88 Å². The zero-order valence-corrected chi connectivity index (χ0v) is 14.9. The summed E-state index contributed by atoms with van der Waals surface area (Å²) in [5.74, 6) is -0.188. The highest BCUT2D eigenvalue weighted by Gasteiger charge is 2.33.